The lowest BCUT2D eigenvalue weighted by molar-refractivity contribution is 0.583. The van der Waals surface area contributed by atoms with Crippen molar-refractivity contribution in [2.24, 2.45) is 5.73 Å². The fourth-order valence-electron chi connectivity index (χ4n) is 3.13. The van der Waals surface area contributed by atoms with E-state index >= 15 is 0 Å². The molecule has 3 heterocycles. The van der Waals surface area contributed by atoms with E-state index in [1.807, 2.05) is 6.07 Å². The van der Waals surface area contributed by atoms with E-state index in [1.165, 1.54) is 53.7 Å². The van der Waals surface area contributed by atoms with Gasteiger partial charge < -0.3 is 11.1 Å². The Morgan fingerprint density at radius 3 is 2.69 bits per heavy atom. The second-order valence-corrected chi connectivity index (χ2v) is 9.07. The van der Waals surface area contributed by atoms with Gasteiger partial charge in [0.1, 0.15) is 5.15 Å². The van der Waals surface area contributed by atoms with E-state index in [4.69, 9.17) is 17.3 Å². The first-order valence-electron chi connectivity index (χ1n) is 9.19. The third-order valence-electron chi connectivity index (χ3n) is 4.60. The van der Waals surface area contributed by atoms with Crippen molar-refractivity contribution in [2.45, 2.75) is 58.0 Å². The quantitative estimate of drug-likeness (QED) is 0.379. The normalized spacial score (nSPS) is 15.3. The van der Waals surface area contributed by atoms with Crippen molar-refractivity contribution in [1.82, 2.24) is 4.98 Å². The van der Waals surface area contributed by atoms with Crippen LogP contribution in [0.3, 0.4) is 0 Å². The zero-order valence-electron chi connectivity index (χ0n) is 15.1. The van der Waals surface area contributed by atoms with Crippen molar-refractivity contribution in [2.75, 3.05) is 5.32 Å². The maximum Gasteiger partial charge on any atom is 0.131 e. The van der Waals surface area contributed by atoms with Crippen molar-refractivity contribution >= 4 is 50.2 Å². The SMILES string of the molecule is Cc1csc2c(NCc3cccs3)cc(Cl)nc12.NC1CCCCCC1. The molecule has 6 heteroatoms. The maximum absolute atomic E-state index is 6.07. The number of nitrogens with zero attached hydrogens (tertiary/aromatic N) is 1. The van der Waals surface area contributed by atoms with Gasteiger partial charge in [0.2, 0.25) is 0 Å². The summed E-state index contributed by atoms with van der Waals surface area (Å²) in [6, 6.07) is 6.61. The molecule has 1 aliphatic carbocycles. The van der Waals surface area contributed by atoms with Crippen molar-refractivity contribution in [3.05, 3.63) is 44.6 Å². The molecule has 3 aromatic heterocycles. The van der Waals surface area contributed by atoms with Crippen LogP contribution in [-0.4, -0.2) is 11.0 Å². The van der Waals surface area contributed by atoms with Crippen LogP contribution in [0.4, 0.5) is 5.69 Å². The number of hydrogen-bond acceptors (Lipinski definition) is 5. The number of thiophene rings is 2. The Labute approximate surface area is 168 Å². The molecule has 1 saturated carbocycles. The standard InChI is InChI=1S/C13H11ClN2S2.C7H15N/c1-8-7-18-13-10(5-11(14)16-12(8)13)15-6-9-3-2-4-17-9;8-7-5-3-1-2-4-6-7/h2-5,7H,6H2,1H3,(H,15,16);7H,1-6,8H2. The predicted octanol–water partition coefficient (Wildman–Crippen LogP) is 6.60. The molecule has 0 aromatic carbocycles. The molecule has 3 nitrogen and oxygen atoms in total. The minimum atomic E-state index is 0.525. The second-order valence-electron chi connectivity index (χ2n) is 6.77. The number of nitrogens with two attached hydrogens (primary N) is 1. The second kappa shape index (κ2) is 9.70. The monoisotopic (exact) mass is 407 g/mol. The zero-order chi connectivity index (χ0) is 18.4. The van der Waals surface area contributed by atoms with Crippen LogP contribution in [0.1, 0.15) is 49.0 Å². The highest BCUT2D eigenvalue weighted by Crippen LogP contribution is 2.33. The van der Waals surface area contributed by atoms with Gasteiger partial charge in [-0.05, 0) is 42.2 Å². The van der Waals surface area contributed by atoms with Crippen LogP contribution in [-0.2, 0) is 6.54 Å². The summed E-state index contributed by atoms with van der Waals surface area (Å²) in [6.45, 7) is 2.88. The van der Waals surface area contributed by atoms with Crippen LogP contribution in [0.5, 0.6) is 0 Å². The third kappa shape index (κ3) is 5.43. The summed E-state index contributed by atoms with van der Waals surface area (Å²) >= 11 is 9.52. The lowest BCUT2D eigenvalue weighted by Gasteiger charge is -2.07. The first-order chi connectivity index (χ1) is 12.6. The van der Waals surface area contributed by atoms with Crippen LogP contribution < -0.4 is 11.1 Å². The van der Waals surface area contributed by atoms with E-state index in [1.54, 1.807) is 22.7 Å². The first kappa shape index (κ1) is 19.6. The fraction of sp³-hybridized carbons (Fsp3) is 0.450. The Morgan fingerprint density at radius 2 is 2.00 bits per heavy atom. The molecule has 0 saturated heterocycles. The number of fused-ring (bicyclic) bond motifs is 1. The van der Waals surface area contributed by atoms with E-state index in [-0.39, 0.29) is 0 Å². The molecule has 140 valence electrons. The smallest absolute Gasteiger partial charge is 0.131 e. The van der Waals surface area contributed by atoms with Gasteiger partial charge in [-0.3, -0.25) is 0 Å². The molecule has 0 radical (unpaired) electrons. The van der Waals surface area contributed by atoms with Gasteiger partial charge in [0.25, 0.3) is 0 Å². The zero-order valence-corrected chi connectivity index (χ0v) is 17.5. The molecular weight excluding hydrogens is 382 g/mol. The third-order valence-corrected chi connectivity index (χ3v) is 6.79. The molecule has 1 aliphatic rings. The molecule has 4 rings (SSSR count). The van der Waals surface area contributed by atoms with Crippen molar-refractivity contribution in [3.63, 3.8) is 0 Å². The molecule has 1 fully saturated rings. The average Bonchev–Trinajstić information content (AvgIpc) is 3.20. The van der Waals surface area contributed by atoms with Crippen molar-refractivity contribution in [1.29, 1.82) is 0 Å². The molecule has 0 atom stereocenters. The van der Waals surface area contributed by atoms with Gasteiger partial charge in [-0.1, -0.05) is 43.4 Å². The summed E-state index contributed by atoms with van der Waals surface area (Å²) in [6.07, 6.45) is 8.07. The number of hydrogen-bond donors (Lipinski definition) is 2. The summed E-state index contributed by atoms with van der Waals surface area (Å²) in [5.41, 5.74) is 8.98. The van der Waals surface area contributed by atoms with Crippen molar-refractivity contribution < 1.29 is 0 Å². The van der Waals surface area contributed by atoms with Crippen LogP contribution >= 0.6 is 34.3 Å². The highest BCUT2D eigenvalue weighted by Gasteiger charge is 2.09. The molecule has 0 amide bonds. The number of pyridine rings is 1. The lowest BCUT2D eigenvalue weighted by Crippen LogP contribution is -2.17. The minimum absolute atomic E-state index is 0.525. The van der Waals surface area contributed by atoms with Gasteiger partial charge in [-0.25, -0.2) is 4.98 Å². The average molecular weight is 408 g/mol. The number of aromatic nitrogens is 1. The molecule has 0 aliphatic heterocycles. The van der Waals surface area contributed by atoms with Gasteiger partial charge in [0.15, 0.2) is 0 Å². The summed E-state index contributed by atoms with van der Waals surface area (Å²) in [7, 11) is 0. The van der Waals surface area contributed by atoms with Gasteiger partial charge in [-0.2, -0.15) is 0 Å². The molecule has 3 N–H and O–H groups in total. The molecular formula is C20H26ClN3S2. The van der Waals surface area contributed by atoms with Crippen LogP contribution in [0.15, 0.2) is 29.0 Å². The summed E-state index contributed by atoms with van der Waals surface area (Å²) in [5, 5.41) is 8.18. The highest BCUT2D eigenvalue weighted by atomic mass is 35.5. The topological polar surface area (TPSA) is 50.9 Å². The van der Waals surface area contributed by atoms with Gasteiger partial charge in [0.05, 0.1) is 15.9 Å². The Hall–Kier alpha value is -1.14. The highest BCUT2D eigenvalue weighted by molar-refractivity contribution is 7.18. The van der Waals surface area contributed by atoms with E-state index in [2.05, 4.69) is 40.1 Å². The van der Waals surface area contributed by atoms with E-state index in [0.717, 1.165) is 17.7 Å². The van der Waals surface area contributed by atoms with E-state index in [9.17, 15) is 0 Å². The molecule has 0 bridgehead atoms. The Balaban J connectivity index is 0.000000206. The summed E-state index contributed by atoms with van der Waals surface area (Å²) < 4.78 is 1.17. The summed E-state index contributed by atoms with van der Waals surface area (Å²) in [4.78, 5) is 5.69. The van der Waals surface area contributed by atoms with Gasteiger partial charge in [0, 0.05) is 23.5 Å². The van der Waals surface area contributed by atoms with E-state index in [0.29, 0.717) is 11.2 Å². The van der Waals surface area contributed by atoms with Crippen LogP contribution in [0.25, 0.3) is 10.2 Å². The molecule has 3 aromatic rings. The predicted molar refractivity (Wildman–Crippen MR) is 117 cm³/mol. The fourth-order valence-corrected chi connectivity index (χ4v) is 4.95. The number of rotatable bonds is 3. The molecule has 0 spiro atoms. The van der Waals surface area contributed by atoms with Crippen LogP contribution in [0, 0.1) is 6.92 Å². The first-order valence-corrected chi connectivity index (χ1v) is 11.3. The Kier molecular flexibility index (Phi) is 7.32. The summed E-state index contributed by atoms with van der Waals surface area (Å²) in [5.74, 6) is 0. The van der Waals surface area contributed by atoms with Gasteiger partial charge in [-0.15, -0.1) is 22.7 Å². The minimum Gasteiger partial charge on any atom is -0.379 e. The molecule has 0 unspecified atom stereocenters. The van der Waals surface area contributed by atoms with Crippen LogP contribution in [0.2, 0.25) is 5.15 Å². The number of aryl methyl sites for hydroxylation is 1. The maximum atomic E-state index is 6.07. The number of halogens is 1. The Morgan fingerprint density at radius 1 is 1.23 bits per heavy atom. The largest absolute Gasteiger partial charge is 0.379 e. The number of anilines is 1. The lowest BCUT2D eigenvalue weighted by atomic mass is 10.1. The molecule has 26 heavy (non-hydrogen) atoms. The Bertz CT molecular complexity index is 806. The van der Waals surface area contributed by atoms with Crippen molar-refractivity contribution in [3.8, 4) is 0 Å². The number of nitrogens with one attached hydrogen (secondary N) is 1. The van der Waals surface area contributed by atoms with Gasteiger partial charge >= 0.3 is 0 Å². The van der Waals surface area contributed by atoms with E-state index < -0.39 is 0 Å².